The minimum absolute atomic E-state index is 0.107. The molecule has 1 atom stereocenters. The van der Waals surface area contributed by atoms with E-state index in [4.69, 9.17) is 0 Å². The van der Waals surface area contributed by atoms with Crippen molar-refractivity contribution < 1.29 is 10.2 Å². The second-order valence-electron chi connectivity index (χ2n) is 4.08. The number of nitrogens with zero attached hydrogens (tertiary/aromatic N) is 1. The average molecular weight is 212 g/mol. The summed E-state index contributed by atoms with van der Waals surface area (Å²) in [5.41, 5.74) is 0.562. The van der Waals surface area contributed by atoms with Crippen LogP contribution in [0.5, 0.6) is 11.8 Å². The second-order valence-corrected chi connectivity index (χ2v) is 4.08. The highest BCUT2D eigenvalue weighted by Gasteiger charge is 2.22. The molecular weight excluding hydrogens is 192 g/mol. The van der Waals surface area contributed by atoms with E-state index >= 15 is 0 Å². The summed E-state index contributed by atoms with van der Waals surface area (Å²) in [6.45, 7) is 6.20. The van der Waals surface area contributed by atoms with Gasteiger partial charge in [0.25, 0.3) is 0 Å². The number of aromatic hydroxyl groups is 2. The summed E-state index contributed by atoms with van der Waals surface area (Å²) in [7, 11) is 1.72. The Bertz CT molecular complexity index is 332. The molecule has 0 saturated heterocycles. The lowest BCUT2D eigenvalue weighted by Crippen LogP contribution is -2.13. The van der Waals surface area contributed by atoms with Gasteiger partial charge in [0.05, 0.1) is 0 Å². The van der Waals surface area contributed by atoms with E-state index in [1.807, 2.05) is 6.92 Å². The lowest BCUT2D eigenvalue weighted by molar-refractivity contribution is 0.283. The van der Waals surface area contributed by atoms with Crippen LogP contribution in [0.25, 0.3) is 0 Å². The fourth-order valence-electron chi connectivity index (χ4n) is 1.96. The summed E-state index contributed by atoms with van der Waals surface area (Å²) < 4.78 is 1.58. The molecule has 0 aliphatic rings. The van der Waals surface area contributed by atoms with Crippen molar-refractivity contribution in [1.29, 1.82) is 0 Å². The Morgan fingerprint density at radius 3 is 2.33 bits per heavy atom. The fourth-order valence-corrected chi connectivity index (χ4v) is 1.96. The van der Waals surface area contributed by atoms with Gasteiger partial charge >= 0.3 is 0 Å². The van der Waals surface area contributed by atoms with Crippen molar-refractivity contribution in [2.75, 3.05) is 12.4 Å². The highest BCUT2D eigenvalue weighted by Crippen LogP contribution is 2.38. The van der Waals surface area contributed by atoms with Gasteiger partial charge in [-0.25, -0.2) is 0 Å². The van der Waals surface area contributed by atoms with Crippen LogP contribution in [0.15, 0.2) is 6.07 Å². The monoisotopic (exact) mass is 212 g/mol. The lowest BCUT2D eigenvalue weighted by atomic mass is 10.0. The molecule has 1 heterocycles. The Balaban J connectivity index is 3.17. The van der Waals surface area contributed by atoms with E-state index in [1.54, 1.807) is 17.7 Å². The Hall–Kier alpha value is -1.32. The molecule has 0 aliphatic heterocycles. The number of anilines is 1. The number of rotatable bonds is 4. The molecule has 4 nitrogen and oxygen atoms in total. The summed E-state index contributed by atoms with van der Waals surface area (Å²) in [4.78, 5) is 0. The van der Waals surface area contributed by atoms with E-state index in [9.17, 15) is 10.2 Å². The summed E-state index contributed by atoms with van der Waals surface area (Å²) in [6, 6.07) is 1.66. The molecule has 0 aliphatic carbocycles. The highest BCUT2D eigenvalue weighted by atomic mass is 16.3. The fraction of sp³-hybridized carbons (Fsp3) is 0.636. The van der Waals surface area contributed by atoms with Crippen molar-refractivity contribution in [2.24, 2.45) is 5.92 Å². The minimum Gasteiger partial charge on any atom is -0.494 e. The molecule has 0 bridgehead atoms. The Morgan fingerprint density at radius 1 is 1.40 bits per heavy atom. The van der Waals surface area contributed by atoms with Gasteiger partial charge in [-0.1, -0.05) is 20.8 Å². The molecule has 1 aromatic rings. The topological polar surface area (TPSA) is 57.4 Å². The first-order valence-corrected chi connectivity index (χ1v) is 5.33. The van der Waals surface area contributed by atoms with Gasteiger partial charge in [0.15, 0.2) is 5.88 Å². The van der Waals surface area contributed by atoms with Gasteiger partial charge in [-0.15, -0.1) is 0 Å². The molecule has 0 spiro atoms. The van der Waals surface area contributed by atoms with Crippen LogP contribution in [0.3, 0.4) is 0 Å². The maximum Gasteiger partial charge on any atom is 0.218 e. The number of aromatic nitrogens is 1. The van der Waals surface area contributed by atoms with Gasteiger partial charge in [0, 0.05) is 19.2 Å². The van der Waals surface area contributed by atoms with Crippen molar-refractivity contribution in [3.63, 3.8) is 0 Å². The molecule has 86 valence electrons. The predicted molar refractivity (Wildman–Crippen MR) is 61.5 cm³/mol. The van der Waals surface area contributed by atoms with Crippen molar-refractivity contribution >= 4 is 5.69 Å². The zero-order valence-corrected chi connectivity index (χ0v) is 9.78. The molecule has 0 aromatic carbocycles. The lowest BCUT2D eigenvalue weighted by Gasteiger charge is -2.22. The average Bonchev–Trinajstić information content (AvgIpc) is 2.45. The molecular formula is C11H20N2O2. The molecule has 0 fully saturated rings. The van der Waals surface area contributed by atoms with E-state index in [-0.39, 0.29) is 17.8 Å². The van der Waals surface area contributed by atoms with Gasteiger partial charge in [-0.05, 0) is 12.3 Å². The third-order valence-electron chi connectivity index (χ3n) is 2.78. The van der Waals surface area contributed by atoms with Crippen LogP contribution in [0, 0.1) is 5.92 Å². The number of hydrogen-bond acceptors (Lipinski definition) is 3. The Kier molecular flexibility index (Phi) is 3.50. The van der Waals surface area contributed by atoms with E-state index < -0.39 is 0 Å². The van der Waals surface area contributed by atoms with Crippen LogP contribution in [0.4, 0.5) is 5.69 Å². The first-order valence-electron chi connectivity index (χ1n) is 5.33. The van der Waals surface area contributed by atoms with E-state index in [0.717, 1.165) is 6.42 Å². The van der Waals surface area contributed by atoms with Crippen LogP contribution >= 0.6 is 0 Å². The first kappa shape index (κ1) is 11.8. The zero-order valence-electron chi connectivity index (χ0n) is 9.78. The maximum absolute atomic E-state index is 9.90. The van der Waals surface area contributed by atoms with Crippen LogP contribution < -0.4 is 5.32 Å². The SMILES string of the molecule is CCC(C(C)C)n1c(O)cc(NC)c1O. The summed E-state index contributed by atoms with van der Waals surface area (Å²) in [6.07, 6.45) is 0.872. The van der Waals surface area contributed by atoms with E-state index in [1.165, 1.54) is 0 Å². The third kappa shape index (κ3) is 2.03. The molecule has 4 heteroatoms. The van der Waals surface area contributed by atoms with Crippen molar-refractivity contribution in [3.05, 3.63) is 6.07 Å². The Morgan fingerprint density at radius 2 is 2.00 bits per heavy atom. The van der Waals surface area contributed by atoms with Crippen LogP contribution in [-0.2, 0) is 0 Å². The molecule has 0 amide bonds. The number of hydrogen-bond donors (Lipinski definition) is 3. The summed E-state index contributed by atoms with van der Waals surface area (Å²) >= 11 is 0. The van der Waals surface area contributed by atoms with Gasteiger partial charge in [-0.3, -0.25) is 4.57 Å². The first-order chi connectivity index (χ1) is 7.02. The second kappa shape index (κ2) is 4.47. The molecule has 1 rings (SSSR count). The van der Waals surface area contributed by atoms with Gasteiger partial charge < -0.3 is 15.5 Å². The predicted octanol–water partition coefficient (Wildman–Crippen LogP) is 2.55. The maximum atomic E-state index is 9.90. The highest BCUT2D eigenvalue weighted by molar-refractivity contribution is 5.57. The summed E-state index contributed by atoms with van der Waals surface area (Å²) in [5, 5.41) is 22.5. The van der Waals surface area contributed by atoms with Gasteiger partial charge in [0.2, 0.25) is 5.88 Å². The summed E-state index contributed by atoms with van der Waals surface area (Å²) in [5.74, 6) is 0.580. The number of nitrogens with one attached hydrogen (secondary N) is 1. The molecule has 15 heavy (non-hydrogen) atoms. The van der Waals surface area contributed by atoms with E-state index in [0.29, 0.717) is 11.6 Å². The normalized spacial score (nSPS) is 13.1. The zero-order chi connectivity index (χ0) is 11.6. The molecule has 0 saturated carbocycles. The van der Waals surface area contributed by atoms with Crippen molar-refractivity contribution in [1.82, 2.24) is 4.57 Å². The smallest absolute Gasteiger partial charge is 0.218 e. The van der Waals surface area contributed by atoms with Gasteiger partial charge in [0.1, 0.15) is 5.69 Å². The third-order valence-corrected chi connectivity index (χ3v) is 2.78. The van der Waals surface area contributed by atoms with Crippen LogP contribution in [-0.4, -0.2) is 21.8 Å². The van der Waals surface area contributed by atoms with Crippen LogP contribution in [0.2, 0.25) is 0 Å². The molecule has 0 radical (unpaired) electrons. The van der Waals surface area contributed by atoms with Crippen LogP contribution in [0.1, 0.15) is 33.2 Å². The molecule has 1 aromatic heterocycles. The molecule has 3 N–H and O–H groups in total. The quantitative estimate of drug-likeness (QED) is 0.719. The molecule has 1 unspecified atom stereocenters. The Labute approximate surface area is 90.5 Å². The van der Waals surface area contributed by atoms with Gasteiger partial charge in [-0.2, -0.15) is 0 Å². The van der Waals surface area contributed by atoms with Crippen molar-refractivity contribution in [3.8, 4) is 11.8 Å². The van der Waals surface area contributed by atoms with Crippen molar-refractivity contribution in [2.45, 2.75) is 33.2 Å². The minimum atomic E-state index is 0.107. The largest absolute Gasteiger partial charge is 0.494 e. The standard InChI is InChI=1S/C11H20N2O2/c1-5-9(7(2)3)13-10(14)6-8(12-4)11(13)15/h6-7,9,12,14-15H,5H2,1-4H3. The van der Waals surface area contributed by atoms with E-state index in [2.05, 4.69) is 19.2 Å².